The van der Waals surface area contributed by atoms with Crippen LogP contribution >= 0.6 is 11.6 Å². The lowest BCUT2D eigenvalue weighted by Crippen LogP contribution is -2.54. The van der Waals surface area contributed by atoms with Crippen molar-refractivity contribution in [2.24, 2.45) is 10.7 Å². The van der Waals surface area contributed by atoms with Gasteiger partial charge in [0.15, 0.2) is 28.4 Å². The van der Waals surface area contributed by atoms with Crippen LogP contribution in [0.5, 0.6) is 0 Å². The summed E-state index contributed by atoms with van der Waals surface area (Å²) in [7, 11) is 2.50. The summed E-state index contributed by atoms with van der Waals surface area (Å²) in [6, 6.07) is 14.9. The summed E-state index contributed by atoms with van der Waals surface area (Å²) in [5.41, 5.74) is 20.1. The number of aliphatic imine (C=N–C) groups is 1. The number of nitrogens with one attached hydrogen (secondary N) is 2. The number of nitrogens with zero attached hydrogens (tertiary/aromatic N) is 4. The van der Waals surface area contributed by atoms with Crippen LogP contribution in [-0.4, -0.2) is 182 Å². The van der Waals surface area contributed by atoms with Crippen molar-refractivity contribution in [2.45, 2.75) is 68.1 Å². The number of nitrogens with two attached hydrogens (primary N) is 3. The third-order valence-electron chi connectivity index (χ3n) is 9.73. The van der Waals surface area contributed by atoms with E-state index in [9.17, 15) is 45.3 Å². The number of benzene rings is 2. The van der Waals surface area contributed by atoms with Crippen molar-refractivity contribution < 1.29 is 59.9 Å². The molecule has 61 heavy (non-hydrogen) atoms. The van der Waals surface area contributed by atoms with E-state index in [0.717, 1.165) is 29.5 Å². The summed E-state index contributed by atoms with van der Waals surface area (Å²) >= 11 is 5.83. The number of rotatable bonds is 25. The van der Waals surface area contributed by atoms with Crippen molar-refractivity contribution in [3.63, 3.8) is 0 Å². The maximum Gasteiger partial charge on any atom is 0.280 e. The Morgan fingerprint density at radius 1 is 0.787 bits per heavy atom. The zero-order chi connectivity index (χ0) is 45.2. The number of hydrogen-bond donors (Lipinski definition) is 13. The number of anilines is 2. The van der Waals surface area contributed by atoms with Crippen LogP contribution < -0.4 is 27.8 Å². The fourth-order valence-electron chi connectivity index (χ4n) is 6.19. The number of nitrogen functional groups attached to an aromatic ring is 2. The Bertz CT molecular complexity index is 1840. The average molecular weight is 880 g/mol. The molecule has 22 heteroatoms. The van der Waals surface area contributed by atoms with Crippen molar-refractivity contribution in [3.05, 3.63) is 70.5 Å². The van der Waals surface area contributed by atoms with E-state index in [1.54, 1.807) is 24.3 Å². The van der Waals surface area contributed by atoms with Gasteiger partial charge in [-0.2, -0.15) is 0 Å². The maximum absolute atomic E-state index is 13.1. The summed E-state index contributed by atoms with van der Waals surface area (Å²) in [4.78, 5) is 38.7. The van der Waals surface area contributed by atoms with Gasteiger partial charge in [-0.05, 0) is 48.1 Å². The topological polar surface area (TPSA) is 358 Å². The molecule has 2 amide bonds. The van der Waals surface area contributed by atoms with Gasteiger partial charge in [-0.25, -0.2) is 9.97 Å². The van der Waals surface area contributed by atoms with Gasteiger partial charge in [0.25, 0.3) is 11.8 Å². The number of halogens is 1. The van der Waals surface area contributed by atoms with Crippen LogP contribution in [0.25, 0.3) is 11.1 Å². The van der Waals surface area contributed by atoms with Gasteiger partial charge >= 0.3 is 0 Å². The molecule has 1 heterocycles. The van der Waals surface area contributed by atoms with Gasteiger partial charge in [-0.3, -0.25) is 24.8 Å². The van der Waals surface area contributed by atoms with Crippen LogP contribution in [0.3, 0.4) is 0 Å². The Balaban J connectivity index is 1.53. The second-order valence-electron chi connectivity index (χ2n) is 14.1. The van der Waals surface area contributed by atoms with Gasteiger partial charge < -0.3 is 72.8 Å². The number of guanidine groups is 1. The molecule has 0 aliphatic rings. The number of carbonyl (C=O) groups is 2. The molecular formula is C39H58ClN9O12. The molecule has 16 N–H and O–H groups in total. The molecule has 0 unspecified atom stereocenters. The van der Waals surface area contributed by atoms with E-state index >= 15 is 0 Å². The number of aliphatic hydroxyl groups is 8. The minimum absolute atomic E-state index is 0.00133. The second-order valence-corrected chi connectivity index (χ2v) is 14.5. The molecule has 0 saturated heterocycles. The third-order valence-corrected chi connectivity index (χ3v) is 10.0. The van der Waals surface area contributed by atoms with Crippen LogP contribution in [0.15, 0.2) is 53.5 Å². The van der Waals surface area contributed by atoms with E-state index in [0.29, 0.717) is 18.5 Å². The summed E-state index contributed by atoms with van der Waals surface area (Å²) < 4.78 is 10.3. The minimum atomic E-state index is -1.89. The average Bonchev–Trinajstić information content (AvgIpc) is 3.24. The molecule has 2 aromatic carbocycles. The van der Waals surface area contributed by atoms with Gasteiger partial charge in [-0.1, -0.05) is 48.0 Å². The molecular weight excluding hydrogens is 822 g/mol. The molecule has 0 aliphatic heterocycles. The lowest BCUT2D eigenvalue weighted by atomic mass is 10.0. The summed E-state index contributed by atoms with van der Waals surface area (Å²) in [5, 5.41) is 86.2. The third kappa shape index (κ3) is 15.4. The summed E-state index contributed by atoms with van der Waals surface area (Å²) in [6.07, 6.45) is -10.1. The van der Waals surface area contributed by atoms with Crippen molar-refractivity contribution in [1.29, 1.82) is 0 Å². The smallest absolute Gasteiger partial charge is 0.280 e. The van der Waals surface area contributed by atoms with Crippen LogP contribution in [0.1, 0.15) is 39.3 Å². The van der Waals surface area contributed by atoms with Gasteiger partial charge in [0.1, 0.15) is 36.6 Å². The molecule has 338 valence electrons. The highest BCUT2D eigenvalue weighted by Crippen LogP contribution is 2.22. The zero-order valence-electron chi connectivity index (χ0n) is 33.9. The van der Waals surface area contributed by atoms with Crippen LogP contribution in [0, 0.1) is 0 Å². The molecule has 1 aromatic heterocycles. The van der Waals surface area contributed by atoms with Gasteiger partial charge in [0.2, 0.25) is 0 Å². The number of methoxy groups -OCH3 is 2. The van der Waals surface area contributed by atoms with E-state index in [1.165, 1.54) is 19.1 Å². The van der Waals surface area contributed by atoms with E-state index in [-0.39, 0.29) is 54.6 Å². The van der Waals surface area contributed by atoms with E-state index in [4.69, 9.17) is 43.4 Å². The monoisotopic (exact) mass is 879 g/mol. The predicted octanol–water partition coefficient (Wildman–Crippen LogP) is -2.76. The standard InChI is InChI=1S/C39H58ClN9O12/c1-60-28(20-51)32(57)33(61-2)26(53)18-49(17-25(52)30(55)31(56)27(54)19-50)16-15-44-37(58)24-12-10-23(11-13-24)22-8-6-21(7-9-22)5-3-4-14-45-39(43)48-38(59)29-35(41)47-36(42)34(40)46-29/h6-13,25-28,30-33,50-57H,3-5,14-20H2,1-2H3,(H,44,58)(H4,41,42,47)(H3,43,45,48,59)/t25-,26-,27+,28+,30+,31+,32+,33+/m0/s1. The number of amides is 2. The van der Waals surface area contributed by atoms with Gasteiger partial charge in [-0.15, -0.1) is 0 Å². The Morgan fingerprint density at radius 3 is 1.98 bits per heavy atom. The highest BCUT2D eigenvalue weighted by atomic mass is 35.5. The van der Waals surface area contributed by atoms with E-state index in [2.05, 4.69) is 25.6 Å². The molecule has 0 spiro atoms. The number of carbonyl (C=O) groups excluding carboxylic acids is 2. The maximum atomic E-state index is 13.1. The Kier molecular flexibility index (Phi) is 21.1. The largest absolute Gasteiger partial charge is 0.394 e. The predicted molar refractivity (Wildman–Crippen MR) is 225 cm³/mol. The Hall–Kier alpha value is -4.62. The molecule has 3 rings (SSSR count). The summed E-state index contributed by atoms with van der Waals surface area (Å²) in [5.74, 6) is -1.53. The van der Waals surface area contributed by atoms with Crippen molar-refractivity contribution in [1.82, 2.24) is 25.5 Å². The first-order valence-electron chi connectivity index (χ1n) is 19.3. The number of hydrogen-bond acceptors (Lipinski definition) is 18. The van der Waals surface area contributed by atoms with E-state index in [1.807, 2.05) is 24.3 Å². The molecule has 3 aromatic rings. The van der Waals surface area contributed by atoms with Gasteiger partial charge in [0, 0.05) is 52.5 Å². The van der Waals surface area contributed by atoms with Crippen LogP contribution in [-0.2, 0) is 15.9 Å². The fraction of sp³-hybridized carbons (Fsp3) is 0.513. The number of aromatic nitrogens is 2. The molecule has 0 bridgehead atoms. The number of unbranched alkanes of at least 4 members (excludes halogenated alkanes) is 1. The lowest BCUT2D eigenvalue weighted by molar-refractivity contribution is -0.145. The first kappa shape index (κ1) is 50.7. The molecule has 0 saturated carbocycles. The number of aryl methyl sites for hydroxylation is 1. The quantitative estimate of drug-likeness (QED) is 0.0233. The number of aliphatic hydroxyl groups excluding tert-OH is 8. The summed E-state index contributed by atoms with van der Waals surface area (Å²) in [6.45, 7) is -1.72. The Labute approximate surface area is 357 Å². The highest BCUT2D eigenvalue weighted by Gasteiger charge is 2.36. The van der Waals surface area contributed by atoms with Gasteiger partial charge in [0.05, 0.1) is 25.4 Å². The lowest BCUT2D eigenvalue weighted by Gasteiger charge is -2.35. The van der Waals surface area contributed by atoms with Crippen LogP contribution in [0.2, 0.25) is 5.15 Å². The van der Waals surface area contributed by atoms with Crippen LogP contribution in [0.4, 0.5) is 11.6 Å². The van der Waals surface area contributed by atoms with Crippen molar-refractivity contribution in [3.8, 4) is 11.1 Å². The second kappa shape index (κ2) is 25.3. The molecule has 8 atom stereocenters. The minimum Gasteiger partial charge on any atom is -0.394 e. The normalized spacial score (nSPS) is 16.0. The first-order valence-corrected chi connectivity index (χ1v) is 19.7. The molecule has 0 aliphatic carbocycles. The molecule has 0 radical (unpaired) electrons. The Morgan fingerprint density at radius 2 is 1.39 bits per heavy atom. The molecule has 0 fully saturated rings. The number of ether oxygens (including phenoxy) is 2. The molecule has 21 nitrogen and oxygen atoms in total. The SMILES string of the molecule is CO[C@@H]([C@H](O)[C@@H](CO)OC)[C@@H](O)CN(CCNC(=O)c1ccc(-c2ccc(CCCCN=C(N)NC(=O)c3nc(Cl)c(N)nc3N)cc2)cc1)C[C@H](O)[C@@H](O)[C@H](O)[C@H](O)CO. The zero-order valence-corrected chi connectivity index (χ0v) is 34.7. The fourth-order valence-corrected chi connectivity index (χ4v) is 6.32. The van der Waals surface area contributed by atoms with E-state index < -0.39 is 73.9 Å². The highest BCUT2D eigenvalue weighted by molar-refractivity contribution is 6.31. The van der Waals surface area contributed by atoms with Crippen molar-refractivity contribution in [2.75, 3.05) is 71.6 Å². The van der Waals surface area contributed by atoms with Crippen molar-refractivity contribution >= 4 is 41.0 Å². The first-order chi connectivity index (χ1) is 29.0.